The molecule has 0 spiro atoms. The van der Waals surface area contributed by atoms with Crippen LogP contribution in [-0.4, -0.2) is 76.6 Å². The third-order valence-electron chi connectivity index (χ3n) is 11.9. The first-order valence-electron chi connectivity index (χ1n) is 17.4. The number of benzene rings is 2. The van der Waals surface area contributed by atoms with Crippen molar-refractivity contribution in [2.24, 2.45) is 11.3 Å². The molecular weight excluding hydrogens is 614 g/mol. The summed E-state index contributed by atoms with van der Waals surface area (Å²) in [5.74, 6) is 1.31. The largest absolute Gasteiger partial charge is 0.497 e. The maximum absolute atomic E-state index is 14.8. The molecule has 3 aromatic rings. The Morgan fingerprint density at radius 1 is 1.02 bits per heavy atom. The van der Waals surface area contributed by atoms with Crippen molar-refractivity contribution < 1.29 is 27.0 Å². The number of ether oxygens (including phenoxy) is 1. The minimum atomic E-state index is -3.88. The quantitative estimate of drug-likeness (QED) is 0.375. The summed E-state index contributed by atoms with van der Waals surface area (Å²) in [6.45, 7) is 3.09. The van der Waals surface area contributed by atoms with Gasteiger partial charge < -0.3 is 19.5 Å². The summed E-state index contributed by atoms with van der Waals surface area (Å²) >= 11 is 0. The second-order valence-corrected chi connectivity index (χ2v) is 16.8. The Morgan fingerprint density at radius 2 is 1.83 bits per heavy atom. The number of hydrogen-bond donors (Lipinski definition) is 3. The number of carbonyl (C=O) groups is 2. The minimum absolute atomic E-state index is 0.0736. The van der Waals surface area contributed by atoms with Gasteiger partial charge in [-0.2, -0.15) is 8.42 Å². The van der Waals surface area contributed by atoms with Gasteiger partial charge in [-0.1, -0.05) is 25.3 Å². The lowest BCUT2D eigenvalue weighted by molar-refractivity contribution is -0.718. The molecule has 3 N–H and O–H groups in total. The summed E-state index contributed by atoms with van der Waals surface area (Å²) in [6, 6.07) is 12.3. The number of methoxy groups -OCH3 is 1. The molecule has 10 nitrogen and oxygen atoms in total. The average Bonchev–Trinajstić information content (AvgIpc) is 3.53. The Balaban J connectivity index is 1.30. The van der Waals surface area contributed by atoms with Crippen molar-refractivity contribution in [2.45, 2.75) is 75.8 Å². The van der Waals surface area contributed by atoms with Gasteiger partial charge in [0.2, 0.25) is 5.91 Å². The monoisotopic (exact) mass is 660 g/mol. The highest BCUT2D eigenvalue weighted by molar-refractivity contribution is 7.83. The van der Waals surface area contributed by atoms with Crippen molar-refractivity contribution in [3.05, 3.63) is 53.1 Å². The number of hydrogen-bond acceptors (Lipinski definition) is 6. The van der Waals surface area contributed by atoms with Gasteiger partial charge in [0.15, 0.2) is 0 Å². The van der Waals surface area contributed by atoms with Crippen LogP contribution in [0.1, 0.15) is 84.7 Å². The Bertz CT molecular complexity index is 1870. The smallest absolute Gasteiger partial charge is 0.394 e. The van der Waals surface area contributed by atoms with Crippen LogP contribution in [0.2, 0.25) is 0 Å². The third-order valence-corrected chi connectivity index (χ3v) is 13.4. The highest BCUT2D eigenvalue weighted by Gasteiger charge is 2.64. The zero-order chi connectivity index (χ0) is 32.7. The first kappa shape index (κ1) is 30.9. The first-order valence-corrected chi connectivity index (χ1v) is 18.8. The number of nitrogens with one attached hydrogen (secondary N) is 3. The predicted octanol–water partition coefficient (Wildman–Crippen LogP) is 3.18. The molecule has 11 heteroatoms. The van der Waals surface area contributed by atoms with Crippen molar-refractivity contribution in [3.8, 4) is 17.0 Å². The van der Waals surface area contributed by atoms with Gasteiger partial charge in [0.05, 0.1) is 32.3 Å². The standard InChI is InChI=1S/C36H45N5O5S/c1-39(2)47(44,45)38-34(42)23-11-13-27-31(16-23)41-21-36(35(43)40-19-24-10-7-15-37-30(24)20-40)18-29(36)28-17-25(46-3)12-14-26(28)33(41)32(27)22-8-5-4-6-9-22/h11-14,16-17,22,24,29-30,37H,4-10,15,18-21H2,1-3H3,(H,38,42)/p+1. The molecule has 2 aliphatic carbocycles. The Morgan fingerprint density at radius 3 is 2.57 bits per heavy atom. The van der Waals surface area contributed by atoms with Gasteiger partial charge in [-0.3, -0.25) is 9.59 Å². The van der Waals surface area contributed by atoms with Gasteiger partial charge in [-0.15, -0.1) is 0 Å². The molecule has 2 amide bonds. The van der Waals surface area contributed by atoms with Crippen LogP contribution in [0, 0.1) is 11.3 Å². The molecule has 250 valence electrons. The van der Waals surface area contributed by atoms with Gasteiger partial charge >= 0.3 is 10.2 Å². The molecule has 0 radical (unpaired) electrons. The predicted molar refractivity (Wildman–Crippen MR) is 180 cm³/mol. The van der Waals surface area contributed by atoms with E-state index in [0.717, 1.165) is 79.6 Å². The number of piperidine rings is 1. The normalized spacial score (nSPS) is 27.1. The Hall–Kier alpha value is -3.41. The van der Waals surface area contributed by atoms with E-state index in [1.165, 1.54) is 44.5 Å². The molecule has 4 fully saturated rings. The van der Waals surface area contributed by atoms with Crippen molar-refractivity contribution >= 4 is 32.9 Å². The fourth-order valence-electron chi connectivity index (χ4n) is 9.23. The molecular formula is C36H46N5O5S+. The Kier molecular flexibility index (Phi) is 7.46. The second kappa shape index (κ2) is 11.3. The molecule has 4 heterocycles. The van der Waals surface area contributed by atoms with E-state index in [9.17, 15) is 18.0 Å². The van der Waals surface area contributed by atoms with Crippen LogP contribution in [0.3, 0.4) is 0 Å². The number of fused-ring (bicyclic) bond motifs is 8. The molecule has 1 aromatic heterocycles. The van der Waals surface area contributed by atoms with E-state index in [-0.39, 0.29) is 16.1 Å². The van der Waals surface area contributed by atoms with Gasteiger partial charge in [-0.05, 0) is 91.9 Å². The van der Waals surface area contributed by atoms with Crippen LogP contribution < -0.4 is 19.1 Å². The topological polar surface area (TPSA) is 114 Å². The number of rotatable bonds is 6. The van der Waals surface area contributed by atoms with E-state index in [2.05, 4.69) is 31.6 Å². The van der Waals surface area contributed by atoms with Gasteiger partial charge in [0.1, 0.15) is 5.75 Å². The summed E-state index contributed by atoms with van der Waals surface area (Å²) in [7, 11) is 0.762. The summed E-state index contributed by atoms with van der Waals surface area (Å²) < 4.78 is 35.6. The van der Waals surface area contributed by atoms with E-state index in [0.29, 0.717) is 30.0 Å². The Labute approximate surface area is 277 Å². The van der Waals surface area contributed by atoms with Crippen LogP contribution in [0.25, 0.3) is 22.2 Å². The first-order chi connectivity index (χ1) is 22.6. The molecule has 3 aliphatic heterocycles. The van der Waals surface area contributed by atoms with Crippen LogP contribution in [0.5, 0.6) is 5.75 Å². The van der Waals surface area contributed by atoms with Crippen LogP contribution in [-0.2, 0) is 21.5 Å². The fraction of sp³-hybridized carbons (Fsp3) is 0.556. The van der Waals surface area contributed by atoms with E-state index in [4.69, 9.17) is 4.74 Å². The number of aromatic nitrogens is 1. The number of quaternary nitrogens is 1. The van der Waals surface area contributed by atoms with Crippen molar-refractivity contribution in [2.75, 3.05) is 40.8 Å². The van der Waals surface area contributed by atoms with Gasteiger partial charge in [0, 0.05) is 53.6 Å². The van der Waals surface area contributed by atoms with E-state index in [1.807, 2.05) is 18.2 Å². The van der Waals surface area contributed by atoms with Gasteiger partial charge in [-0.25, -0.2) is 9.03 Å². The zero-order valence-electron chi connectivity index (χ0n) is 27.6. The number of nitrogens with zero attached hydrogens (tertiary/aromatic N) is 2. The van der Waals surface area contributed by atoms with E-state index >= 15 is 0 Å². The lowest BCUT2D eigenvalue weighted by Gasteiger charge is -2.25. The zero-order valence-corrected chi connectivity index (χ0v) is 28.4. The molecule has 0 bridgehead atoms. The minimum Gasteiger partial charge on any atom is -0.497 e. The van der Waals surface area contributed by atoms with Crippen LogP contribution >= 0.6 is 0 Å². The molecule has 2 aromatic carbocycles. The van der Waals surface area contributed by atoms with Crippen LogP contribution in [0.4, 0.5) is 0 Å². The number of amides is 2. The van der Waals surface area contributed by atoms with Crippen LogP contribution in [0.15, 0.2) is 36.4 Å². The molecule has 2 saturated heterocycles. The lowest BCUT2D eigenvalue weighted by atomic mass is 9.81. The molecule has 4 unspecified atom stereocenters. The maximum atomic E-state index is 14.8. The van der Waals surface area contributed by atoms with Crippen molar-refractivity contribution in [3.63, 3.8) is 0 Å². The summed E-state index contributed by atoms with van der Waals surface area (Å²) in [5.41, 5.74) is 5.34. The maximum Gasteiger partial charge on any atom is 0.394 e. The fourth-order valence-corrected chi connectivity index (χ4v) is 9.80. The second-order valence-electron chi connectivity index (χ2n) is 14.8. The molecule has 2 saturated carbocycles. The highest BCUT2D eigenvalue weighted by atomic mass is 32.2. The lowest BCUT2D eigenvalue weighted by Crippen LogP contribution is -3.09. The average molecular weight is 661 g/mol. The van der Waals surface area contributed by atoms with E-state index in [1.54, 1.807) is 13.2 Å². The molecule has 5 aliphatic rings. The molecule has 4 atom stereocenters. The summed E-state index contributed by atoms with van der Waals surface area (Å²) in [4.78, 5) is 30.3. The number of carbonyl (C=O) groups excluding carboxylic acids is 2. The highest BCUT2D eigenvalue weighted by Crippen LogP contribution is 2.66. The number of likely N-dealkylation sites (tertiary alicyclic amines) is 1. The SMILES string of the molecule is COc1ccc2c(c1)C1CC1(C(=O)N1CC3CCCNC3C1)Cn1c-2c(C2CCCCC2)c2ccc(C(=O)NS(=O)(=O)[NH+](C)C)cc21. The van der Waals surface area contributed by atoms with Crippen molar-refractivity contribution in [1.29, 1.82) is 0 Å². The molecule has 8 rings (SSSR count). The van der Waals surface area contributed by atoms with Crippen molar-refractivity contribution in [1.82, 2.24) is 19.5 Å². The van der Waals surface area contributed by atoms with Gasteiger partial charge in [0.25, 0.3) is 5.91 Å². The van der Waals surface area contributed by atoms with E-state index < -0.39 is 21.5 Å². The molecule has 47 heavy (non-hydrogen) atoms. The third kappa shape index (κ3) is 4.99. The summed E-state index contributed by atoms with van der Waals surface area (Å²) in [5, 5.41) is 4.75. The summed E-state index contributed by atoms with van der Waals surface area (Å²) in [6.07, 6.45) is 8.86.